The second kappa shape index (κ2) is 7.47. The molecule has 23 heavy (non-hydrogen) atoms. The van der Waals surface area contributed by atoms with Crippen molar-refractivity contribution >= 4 is 11.6 Å². The van der Waals surface area contributed by atoms with E-state index in [1.807, 2.05) is 54.6 Å². The lowest BCUT2D eigenvalue weighted by Crippen LogP contribution is -2.13. The second-order valence-electron chi connectivity index (χ2n) is 5.60. The smallest absolute Gasteiger partial charge is 0.256 e. The van der Waals surface area contributed by atoms with Crippen molar-refractivity contribution in [1.82, 2.24) is 0 Å². The molecule has 3 rings (SSSR count). The minimum atomic E-state index is -0.125. The van der Waals surface area contributed by atoms with Gasteiger partial charge in [0.2, 0.25) is 0 Å². The Hall–Kier alpha value is -2.79. The minimum absolute atomic E-state index is 0.125. The van der Waals surface area contributed by atoms with E-state index in [1.165, 1.54) is 6.42 Å². The predicted molar refractivity (Wildman–Crippen MR) is 94.2 cm³/mol. The van der Waals surface area contributed by atoms with Crippen molar-refractivity contribution in [3.8, 4) is 11.8 Å². The summed E-state index contributed by atoms with van der Waals surface area (Å²) in [6.45, 7) is 0. The number of amides is 1. The van der Waals surface area contributed by atoms with Gasteiger partial charge < -0.3 is 5.32 Å². The van der Waals surface area contributed by atoms with E-state index in [-0.39, 0.29) is 5.91 Å². The van der Waals surface area contributed by atoms with Crippen LogP contribution in [0.5, 0.6) is 0 Å². The zero-order valence-electron chi connectivity index (χ0n) is 13.0. The van der Waals surface area contributed by atoms with Crippen LogP contribution in [0.25, 0.3) is 0 Å². The standard InChI is InChI=1S/C21H19NO/c23-21(22-19-12-5-2-6-13-19)20-14-8-7-11-18(20)16-15-17-9-3-1-4-10-17/h2-3,5-9,11-14,17H,1,4,10H2,(H,22,23). The monoisotopic (exact) mass is 301 g/mol. The molecule has 0 aromatic heterocycles. The highest BCUT2D eigenvalue weighted by atomic mass is 16.1. The molecule has 2 nitrogen and oxygen atoms in total. The van der Waals surface area contributed by atoms with Crippen LogP contribution in [-0.4, -0.2) is 5.91 Å². The Morgan fingerprint density at radius 3 is 2.61 bits per heavy atom. The van der Waals surface area contributed by atoms with E-state index in [2.05, 4.69) is 29.3 Å². The summed E-state index contributed by atoms with van der Waals surface area (Å²) in [5.41, 5.74) is 2.18. The number of hydrogen-bond acceptors (Lipinski definition) is 1. The van der Waals surface area contributed by atoms with Crippen molar-refractivity contribution in [2.24, 2.45) is 5.92 Å². The first-order valence-corrected chi connectivity index (χ1v) is 7.96. The van der Waals surface area contributed by atoms with Crippen molar-refractivity contribution in [2.75, 3.05) is 5.32 Å². The van der Waals surface area contributed by atoms with Gasteiger partial charge in [0.15, 0.2) is 0 Å². The third-order valence-corrected chi connectivity index (χ3v) is 3.85. The lowest BCUT2D eigenvalue weighted by Gasteiger charge is -2.09. The molecule has 0 fully saturated rings. The topological polar surface area (TPSA) is 29.1 Å². The summed E-state index contributed by atoms with van der Waals surface area (Å²) >= 11 is 0. The Kier molecular flexibility index (Phi) is 4.91. The summed E-state index contributed by atoms with van der Waals surface area (Å²) in [5.74, 6) is 6.64. The van der Waals surface area contributed by atoms with E-state index in [0.29, 0.717) is 11.5 Å². The summed E-state index contributed by atoms with van der Waals surface area (Å²) < 4.78 is 0. The van der Waals surface area contributed by atoms with Gasteiger partial charge in [-0.3, -0.25) is 4.79 Å². The fourth-order valence-corrected chi connectivity index (χ4v) is 2.61. The Morgan fingerprint density at radius 2 is 1.83 bits per heavy atom. The molecule has 1 aliphatic carbocycles. The number of carbonyl (C=O) groups excluding carboxylic acids is 1. The fraction of sp³-hybridized carbons (Fsp3) is 0.190. The summed E-state index contributed by atoms with van der Waals surface area (Å²) in [7, 11) is 0. The summed E-state index contributed by atoms with van der Waals surface area (Å²) in [6, 6.07) is 17.0. The molecular weight excluding hydrogens is 282 g/mol. The molecule has 1 unspecified atom stereocenters. The molecule has 0 radical (unpaired) electrons. The molecule has 0 heterocycles. The number of nitrogens with one attached hydrogen (secondary N) is 1. The molecule has 1 N–H and O–H groups in total. The van der Waals surface area contributed by atoms with E-state index >= 15 is 0 Å². The van der Waals surface area contributed by atoms with Crippen LogP contribution in [0.1, 0.15) is 35.2 Å². The zero-order valence-corrected chi connectivity index (χ0v) is 13.0. The van der Waals surface area contributed by atoms with Gasteiger partial charge in [-0.2, -0.15) is 0 Å². The predicted octanol–water partition coefficient (Wildman–Crippen LogP) is 4.65. The molecule has 1 aliphatic rings. The first-order valence-electron chi connectivity index (χ1n) is 7.96. The number of allylic oxidation sites excluding steroid dienone is 2. The van der Waals surface area contributed by atoms with Gasteiger partial charge in [-0.1, -0.05) is 54.3 Å². The lowest BCUT2D eigenvalue weighted by atomic mass is 9.96. The summed E-state index contributed by atoms with van der Waals surface area (Å²) in [5, 5.41) is 2.92. The van der Waals surface area contributed by atoms with Crippen LogP contribution in [0.15, 0.2) is 66.7 Å². The molecule has 0 bridgehead atoms. The largest absolute Gasteiger partial charge is 0.322 e. The SMILES string of the molecule is O=C(Nc1ccccc1)c1ccccc1C#CC1C=CCCC1. The van der Waals surface area contributed by atoms with Crippen molar-refractivity contribution in [3.05, 3.63) is 77.9 Å². The normalized spacial score (nSPS) is 16.3. The Labute approximate surface area is 137 Å². The molecule has 2 heteroatoms. The van der Waals surface area contributed by atoms with Gasteiger partial charge >= 0.3 is 0 Å². The van der Waals surface area contributed by atoms with Gasteiger partial charge in [-0.25, -0.2) is 0 Å². The molecule has 0 saturated heterocycles. The lowest BCUT2D eigenvalue weighted by molar-refractivity contribution is 0.102. The van der Waals surface area contributed by atoms with Crippen LogP contribution in [0, 0.1) is 17.8 Å². The van der Waals surface area contributed by atoms with Gasteiger partial charge in [0.05, 0.1) is 5.56 Å². The molecule has 2 aromatic rings. The first-order chi connectivity index (χ1) is 11.3. The van der Waals surface area contributed by atoms with E-state index < -0.39 is 0 Å². The van der Waals surface area contributed by atoms with Crippen LogP contribution in [0.3, 0.4) is 0 Å². The van der Waals surface area contributed by atoms with Crippen molar-refractivity contribution in [2.45, 2.75) is 19.3 Å². The number of para-hydroxylation sites is 1. The van der Waals surface area contributed by atoms with Crippen LogP contribution < -0.4 is 5.32 Å². The van der Waals surface area contributed by atoms with Crippen molar-refractivity contribution in [3.63, 3.8) is 0 Å². The highest BCUT2D eigenvalue weighted by Crippen LogP contribution is 2.17. The Balaban J connectivity index is 1.80. The molecule has 1 amide bonds. The molecule has 114 valence electrons. The molecule has 0 spiro atoms. The molecule has 0 saturated carbocycles. The van der Waals surface area contributed by atoms with Crippen molar-refractivity contribution in [1.29, 1.82) is 0 Å². The summed E-state index contributed by atoms with van der Waals surface area (Å²) in [6.07, 6.45) is 7.79. The maximum Gasteiger partial charge on any atom is 0.256 e. The fourth-order valence-electron chi connectivity index (χ4n) is 2.61. The maximum absolute atomic E-state index is 12.5. The molecule has 2 aromatic carbocycles. The molecule has 1 atom stereocenters. The number of benzene rings is 2. The second-order valence-corrected chi connectivity index (χ2v) is 5.60. The highest BCUT2D eigenvalue weighted by molar-refractivity contribution is 6.05. The van der Waals surface area contributed by atoms with Crippen LogP contribution in [0.2, 0.25) is 0 Å². The molecular formula is C21H19NO. The molecule has 0 aliphatic heterocycles. The van der Waals surface area contributed by atoms with Crippen LogP contribution in [0.4, 0.5) is 5.69 Å². The van der Waals surface area contributed by atoms with Crippen molar-refractivity contribution < 1.29 is 4.79 Å². The third-order valence-electron chi connectivity index (χ3n) is 3.85. The van der Waals surface area contributed by atoms with Crippen LogP contribution in [-0.2, 0) is 0 Å². The number of carbonyl (C=O) groups is 1. The third kappa shape index (κ3) is 4.11. The van der Waals surface area contributed by atoms with E-state index in [4.69, 9.17) is 0 Å². The van der Waals surface area contributed by atoms with E-state index in [1.54, 1.807) is 0 Å². The van der Waals surface area contributed by atoms with Gasteiger partial charge in [-0.05, 0) is 43.5 Å². The maximum atomic E-state index is 12.5. The number of rotatable bonds is 2. The Morgan fingerprint density at radius 1 is 1.04 bits per heavy atom. The Bertz CT molecular complexity index is 765. The van der Waals surface area contributed by atoms with Gasteiger partial charge in [0.1, 0.15) is 0 Å². The average Bonchev–Trinajstić information content (AvgIpc) is 2.62. The highest BCUT2D eigenvalue weighted by Gasteiger charge is 2.10. The quantitative estimate of drug-likeness (QED) is 0.635. The van der Waals surface area contributed by atoms with Crippen LogP contribution >= 0.6 is 0 Å². The number of anilines is 1. The van der Waals surface area contributed by atoms with E-state index in [0.717, 1.165) is 24.1 Å². The zero-order chi connectivity index (χ0) is 15.9. The van der Waals surface area contributed by atoms with Gasteiger partial charge in [-0.15, -0.1) is 0 Å². The van der Waals surface area contributed by atoms with Gasteiger partial charge in [0, 0.05) is 17.2 Å². The number of hydrogen-bond donors (Lipinski definition) is 1. The van der Waals surface area contributed by atoms with E-state index in [9.17, 15) is 4.79 Å². The average molecular weight is 301 g/mol. The summed E-state index contributed by atoms with van der Waals surface area (Å²) in [4.78, 5) is 12.5. The minimum Gasteiger partial charge on any atom is -0.322 e. The first kappa shape index (κ1) is 15.1. The van der Waals surface area contributed by atoms with Gasteiger partial charge in [0.25, 0.3) is 5.91 Å².